The van der Waals surface area contributed by atoms with Crippen LogP contribution in [0, 0.1) is 0 Å². The molecule has 1 fully saturated rings. The first kappa shape index (κ1) is 23.5. The molecule has 6 rings (SSSR count). The van der Waals surface area contributed by atoms with Crippen molar-refractivity contribution >= 4 is 32.5 Å². The summed E-state index contributed by atoms with van der Waals surface area (Å²) in [6.07, 6.45) is 0. The Labute approximate surface area is 219 Å². The van der Waals surface area contributed by atoms with Gasteiger partial charge in [0.05, 0.1) is 28.7 Å². The molecule has 3 aromatic carbocycles. The fourth-order valence-corrected chi connectivity index (χ4v) is 5.99. The second-order valence-electron chi connectivity index (χ2n) is 9.23. The molecule has 1 saturated heterocycles. The number of nitrogens with one attached hydrogen (secondary N) is 1. The third-order valence-corrected chi connectivity index (χ3v) is 7.92. The summed E-state index contributed by atoms with van der Waals surface area (Å²) in [5, 5.41) is 3.06. The minimum Gasteiger partial charge on any atom is -0.497 e. The van der Waals surface area contributed by atoms with E-state index in [0.717, 1.165) is 57.4 Å². The third-order valence-electron chi connectivity index (χ3n) is 6.92. The lowest BCUT2D eigenvalue weighted by atomic mass is 10.1. The van der Waals surface area contributed by atoms with Gasteiger partial charge in [-0.1, -0.05) is 72.0 Å². The third kappa shape index (κ3) is 4.77. The van der Waals surface area contributed by atoms with Gasteiger partial charge in [0.25, 0.3) is 0 Å². The lowest BCUT2D eigenvalue weighted by Crippen LogP contribution is -2.51. The van der Waals surface area contributed by atoms with Gasteiger partial charge in [0.2, 0.25) is 0 Å². The summed E-state index contributed by atoms with van der Waals surface area (Å²) in [4.78, 5) is 23.1. The van der Waals surface area contributed by atoms with Crippen molar-refractivity contribution in [3.63, 3.8) is 0 Å². The molecule has 37 heavy (non-hydrogen) atoms. The fourth-order valence-electron chi connectivity index (χ4n) is 4.91. The first-order valence-corrected chi connectivity index (χ1v) is 13.3. The van der Waals surface area contributed by atoms with Gasteiger partial charge in [-0.3, -0.25) is 9.30 Å². The van der Waals surface area contributed by atoms with Crippen LogP contribution in [0.1, 0.15) is 11.3 Å². The number of methoxy groups -OCH3 is 1. The molecule has 3 heterocycles. The monoisotopic (exact) mass is 511 g/mol. The Balaban J connectivity index is 1.22. The zero-order valence-corrected chi connectivity index (χ0v) is 21.6. The Morgan fingerprint density at radius 3 is 2.43 bits per heavy atom. The van der Waals surface area contributed by atoms with Gasteiger partial charge in [0.1, 0.15) is 5.75 Å². The number of benzene rings is 3. The number of imidazole rings is 1. The predicted molar refractivity (Wildman–Crippen MR) is 148 cm³/mol. The molecule has 1 N–H and O–H groups in total. The van der Waals surface area contributed by atoms with Crippen LogP contribution in [0.25, 0.3) is 26.4 Å². The van der Waals surface area contributed by atoms with Gasteiger partial charge in [-0.25, -0.2) is 9.78 Å². The highest BCUT2D eigenvalue weighted by atomic mass is 32.1. The topological polar surface area (TPSA) is 62.1 Å². The second-order valence-corrected chi connectivity index (χ2v) is 10.2. The van der Waals surface area contributed by atoms with Crippen molar-refractivity contribution in [3.05, 3.63) is 90.1 Å². The molecule has 0 aliphatic carbocycles. The zero-order valence-electron chi connectivity index (χ0n) is 20.8. The Bertz CT molecular complexity index is 1520. The van der Waals surface area contributed by atoms with Crippen molar-refractivity contribution in [3.8, 4) is 17.0 Å². The number of urea groups is 1. The van der Waals surface area contributed by atoms with Crippen LogP contribution < -0.4 is 10.1 Å². The number of carbonyl (C=O) groups is 1. The number of thiazole rings is 1. The maximum atomic E-state index is 12.7. The summed E-state index contributed by atoms with van der Waals surface area (Å²) in [6, 6.07) is 26.6. The van der Waals surface area contributed by atoms with E-state index in [1.807, 2.05) is 47.4 Å². The zero-order chi connectivity index (χ0) is 25.2. The fraction of sp³-hybridized carbons (Fsp3) is 0.241. The summed E-state index contributed by atoms with van der Waals surface area (Å²) in [5.41, 5.74) is 5.57. The molecule has 0 spiro atoms. The normalized spacial score (nSPS) is 14.4. The second kappa shape index (κ2) is 10.2. The first-order valence-electron chi connectivity index (χ1n) is 12.5. The average molecular weight is 512 g/mol. The minimum absolute atomic E-state index is 0.00185. The highest BCUT2D eigenvalue weighted by Gasteiger charge is 2.25. The van der Waals surface area contributed by atoms with Crippen molar-refractivity contribution < 1.29 is 9.53 Å². The Morgan fingerprint density at radius 1 is 0.973 bits per heavy atom. The number of hydrogen-bond acceptors (Lipinski definition) is 5. The van der Waals surface area contributed by atoms with Gasteiger partial charge in [-0.15, -0.1) is 0 Å². The quantitative estimate of drug-likeness (QED) is 0.338. The highest BCUT2D eigenvalue weighted by Crippen LogP contribution is 2.35. The lowest BCUT2D eigenvalue weighted by Gasteiger charge is -2.34. The first-order chi connectivity index (χ1) is 18.2. The molecule has 1 aliphatic heterocycles. The van der Waals surface area contributed by atoms with Gasteiger partial charge >= 0.3 is 6.03 Å². The molecular formula is C29H29N5O2S. The van der Waals surface area contributed by atoms with Crippen molar-refractivity contribution in [2.75, 3.05) is 33.3 Å². The van der Waals surface area contributed by atoms with Crippen molar-refractivity contribution in [2.24, 2.45) is 0 Å². The average Bonchev–Trinajstić information content (AvgIpc) is 3.49. The SMILES string of the molecule is COc1ccc2c(c1)sc1nc(-c3ccccc3)c(CN3CCN(C(=O)NCc4ccccc4)CC3)n12. The smallest absolute Gasteiger partial charge is 0.317 e. The number of nitrogens with zero attached hydrogens (tertiary/aromatic N) is 4. The number of ether oxygens (including phenoxy) is 1. The maximum absolute atomic E-state index is 12.7. The van der Waals surface area contributed by atoms with E-state index in [9.17, 15) is 4.79 Å². The molecular weight excluding hydrogens is 482 g/mol. The van der Waals surface area contributed by atoms with Crippen molar-refractivity contribution in [1.29, 1.82) is 0 Å². The van der Waals surface area contributed by atoms with E-state index < -0.39 is 0 Å². The van der Waals surface area contributed by atoms with Crippen LogP contribution in [0.2, 0.25) is 0 Å². The molecule has 2 aromatic heterocycles. The van der Waals surface area contributed by atoms with E-state index in [4.69, 9.17) is 9.72 Å². The van der Waals surface area contributed by atoms with Crippen LogP contribution in [-0.4, -0.2) is 58.5 Å². The van der Waals surface area contributed by atoms with E-state index in [1.165, 1.54) is 5.69 Å². The molecule has 188 valence electrons. The number of aromatic nitrogens is 2. The standard InChI is InChI=1S/C29H29N5O2S/c1-36-23-12-13-24-26(18-23)37-29-31-27(22-10-6-3-7-11-22)25(34(24)29)20-32-14-16-33(17-15-32)28(35)30-19-21-8-4-2-5-9-21/h2-13,18H,14-17,19-20H2,1H3,(H,30,35). The van der Waals surface area contributed by atoms with Gasteiger partial charge in [0.15, 0.2) is 4.96 Å². The Morgan fingerprint density at radius 2 is 1.70 bits per heavy atom. The van der Waals surface area contributed by atoms with Crippen LogP contribution in [-0.2, 0) is 13.1 Å². The van der Waals surface area contributed by atoms with Gasteiger partial charge in [-0.05, 0) is 23.8 Å². The maximum Gasteiger partial charge on any atom is 0.317 e. The van der Waals surface area contributed by atoms with Crippen LogP contribution in [0.5, 0.6) is 5.75 Å². The molecule has 2 amide bonds. The number of fused-ring (bicyclic) bond motifs is 3. The number of amides is 2. The highest BCUT2D eigenvalue weighted by molar-refractivity contribution is 7.23. The van der Waals surface area contributed by atoms with E-state index in [1.54, 1.807) is 18.4 Å². The van der Waals surface area contributed by atoms with Crippen molar-refractivity contribution in [2.45, 2.75) is 13.1 Å². The lowest BCUT2D eigenvalue weighted by molar-refractivity contribution is 0.134. The Hall–Kier alpha value is -3.88. The van der Waals surface area contributed by atoms with E-state index in [0.29, 0.717) is 19.6 Å². The molecule has 0 saturated carbocycles. The van der Waals surface area contributed by atoms with Crippen LogP contribution in [0.4, 0.5) is 4.79 Å². The molecule has 0 radical (unpaired) electrons. The molecule has 8 heteroatoms. The van der Waals surface area contributed by atoms with E-state index in [2.05, 4.69) is 51.0 Å². The number of piperazine rings is 1. The van der Waals surface area contributed by atoms with Crippen LogP contribution in [0.3, 0.4) is 0 Å². The Kier molecular flexibility index (Phi) is 6.51. The van der Waals surface area contributed by atoms with Crippen LogP contribution in [0.15, 0.2) is 78.9 Å². The number of carbonyl (C=O) groups excluding carboxylic acids is 1. The molecule has 0 unspecified atom stereocenters. The summed E-state index contributed by atoms with van der Waals surface area (Å²) >= 11 is 1.68. The number of hydrogen-bond donors (Lipinski definition) is 1. The van der Waals surface area contributed by atoms with Crippen molar-refractivity contribution in [1.82, 2.24) is 24.5 Å². The van der Waals surface area contributed by atoms with Gasteiger partial charge in [-0.2, -0.15) is 0 Å². The minimum atomic E-state index is -0.00185. The summed E-state index contributed by atoms with van der Waals surface area (Å²) < 4.78 is 8.89. The largest absolute Gasteiger partial charge is 0.497 e. The van der Waals surface area contributed by atoms with Gasteiger partial charge in [0, 0.05) is 44.8 Å². The van der Waals surface area contributed by atoms with Crippen LogP contribution >= 0.6 is 11.3 Å². The van der Waals surface area contributed by atoms with Gasteiger partial charge < -0.3 is 15.0 Å². The van der Waals surface area contributed by atoms with E-state index >= 15 is 0 Å². The molecule has 0 bridgehead atoms. The summed E-state index contributed by atoms with van der Waals surface area (Å²) in [6.45, 7) is 4.34. The molecule has 0 atom stereocenters. The molecule has 1 aliphatic rings. The van der Waals surface area contributed by atoms with E-state index in [-0.39, 0.29) is 6.03 Å². The predicted octanol–water partition coefficient (Wildman–Crippen LogP) is 5.25. The summed E-state index contributed by atoms with van der Waals surface area (Å²) in [7, 11) is 1.69. The summed E-state index contributed by atoms with van der Waals surface area (Å²) in [5.74, 6) is 0.850. The number of rotatable bonds is 6. The molecule has 7 nitrogen and oxygen atoms in total. The molecule has 5 aromatic rings.